The van der Waals surface area contributed by atoms with Crippen molar-refractivity contribution >= 4 is 26.0 Å². The van der Waals surface area contributed by atoms with Gasteiger partial charge in [-0.05, 0) is 48.7 Å². The van der Waals surface area contributed by atoms with Gasteiger partial charge in [-0.3, -0.25) is 4.79 Å². The third-order valence-corrected chi connectivity index (χ3v) is 9.93. The Morgan fingerprint density at radius 1 is 0.914 bits per heavy atom. The minimum absolute atomic E-state index is 0.0778. The Bertz CT molecular complexity index is 1270. The lowest BCUT2D eigenvalue weighted by molar-refractivity contribution is 0.0729. The van der Waals surface area contributed by atoms with Crippen LogP contribution in [-0.2, 0) is 31.3 Å². The van der Waals surface area contributed by atoms with E-state index in [9.17, 15) is 21.6 Å². The van der Waals surface area contributed by atoms with Gasteiger partial charge in [-0.1, -0.05) is 12.1 Å². The second kappa shape index (κ2) is 10.6. The van der Waals surface area contributed by atoms with Crippen LogP contribution in [0.5, 0.6) is 5.75 Å². The van der Waals surface area contributed by atoms with Gasteiger partial charge in [0.25, 0.3) is 5.91 Å². The van der Waals surface area contributed by atoms with Crippen LogP contribution in [0.3, 0.4) is 0 Å². The number of hydrogen-bond acceptors (Lipinski definition) is 7. The number of carbonyl (C=O) groups is 1. The third-order valence-electron chi connectivity index (χ3n) is 6.09. The maximum Gasteiger partial charge on any atom is 0.251 e. The SMILES string of the molecule is COc1ccc(C(=O)NCc2ccc(S(=O)(=O)N3CCCC3)cc2)cc1S(=O)(=O)N1CCOCC1. The van der Waals surface area contributed by atoms with Gasteiger partial charge in [-0.2, -0.15) is 8.61 Å². The van der Waals surface area contributed by atoms with E-state index in [1.54, 1.807) is 12.1 Å². The molecule has 0 saturated carbocycles. The molecule has 10 nitrogen and oxygen atoms in total. The van der Waals surface area contributed by atoms with Crippen LogP contribution in [0.15, 0.2) is 52.3 Å². The smallest absolute Gasteiger partial charge is 0.251 e. The Labute approximate surface area is 205 Å². The van der Waals surface area contributed by atoms with Crippen molar-refractivity contribution in [3.8, 4) is 5.75 Å². The second-order valence-electron chi connectivity index (χ2n) is 8.32. The number of benzene rings is 2. The highest BCUT2D eigenvalue weighted by Crippen LogP contribution is 2.28. The van der Waals surface area contributed by atoms with Crippen molar-refractivity contribution < 1.29 is 31.1 Å². The Balaban J connectivity index is 1.46. The molecule has 2 saturated heterocycles. The Kier molecular flexibility index (Phi) is 7.77. The van der Waals surface area contributed by atoms with Crippen LogP contribution in [0, 0.1) is 0 Å². The number of methoxy groups -OCH3 is 1. The van der Waals surface area contributed by atoms with Crippen LogP contribution in [-0.4, -0.2) is 77.9 Å². The molecule has 0 bridgehead atoms. The second-order valence-corrected chi connectivity index (χ2v) is 12.2. The average molecular weight is 524 g/mol. The van der Waals surface area contributed by atoms with Crippen molar-refractivity contribution in [3.63, 3.8) is 0 Å². The topological polar surface area (TPSA) is 122 Å². The van der Waals surface area contributed by atoms with E-state index in [1.165, 1.54) is 46.1 Å². The zero-order valence-corrected chi connectivity index (χ0v) is 21.1. The molecule has 1 amide bonds. The van der Waals surface area contributed by atoms with E-state index in [4.69, 9.17) is 9.47 Å². The molecular formula is C23H29N3O7S2. The number of sulfonamides is 2. The summed E-state index contributed by atoms with van der Waals surface area (Å²) in [6.45, 7) is 2.29. The molecule has 12 heteroatoms. The maximum atomic E-state index is 13.1. The van der Waals surface area contributed by atoms with E-state index in [1.807, 2.05) is 0 Å². The van der Waals surface area contributed by atoms with E-state index in [0.29, 0.717) is 31.9 Å². The summed E-state index contributed by atoms with van der Waals surface area (Å²) in [5.41, 5.74) is 0.888. The van der Waals surface area contributed by atoms with E-state index in [0.717, 1.165) is 12.8 Å². The largest absolute Gasteiger partial charge is 0.495 e. The van der Waals surface area contributed by atoms with Crippen LogP contribution >= 0.6 is 0 Å². The van der Waals surface area contributed by atoms with E-state index in [-0.39, 0.29) is 40.7 Å². The van der Waals surface area contributed by atoms with Crippen molar-refractivity contribution in [1.82, 2.24) is 13.9 Å². The van der Waals surface area contributed by atoms with Gasteiger partial charge in [0.1, 0.15) is 10.6 Å². The third kappa shape index (κ3) is 5.51. The quantitative estimate of drug-likeness (QED) is 0.555. The van der Waals surface area contributed by atoms with Gasteiger partial charge >= 0.3 is 0 Å². The van der Waals surface area contributed by atoms with Crippen molar-refractivity contribution in [2.75, 3.05) is 46.5 Å². The first kappa shape index (κ1) is 25.6. The molecule has 2 fully saturated rings. The fourth-order valence-corrected chi connectivity index (χ4v) is 7.19. The Hall–Kier alpha value is -2.51. The molecule has 2 aliphatic heterocycles. The molecule has 2 aromatic carbocycles. The number of hydrogen-bond donors (Lipinski definition) is 1. The molecule has 190 valence electrons. The number of amides is 1. The fraction of sp³-hybridized carbons (Fsp3) is 0.435. The highest BCUT2D eigenvalue weighted by molar-refractivity contribution is 7.89. The van der Waals surface area contributed by atoms with Crippen LogP contribution in [0.2, 0.25) is 0 Å². The zero-order chi connectivity index (χ0) is 25.1. The van der Waals surface area contributed by atoms with Crippen molar-refractivity contribution in [2.45, 2.75) is 29.2 Å². The van der Waals surface area contributed by atoms with Gasteiger partial charge in [0.15, 0.2) is 0 Å². The monoisotopic (exact) mass is 523 g/mol. The first-order valence-corrected chi connectivity index (χ1v) is 14.2. The molecule has 4 rings (SSSR count). The number of nitrogens with zero attached hydrogens (tertiary/aromatic N) is 2. The number of morpholine rings is 1. The van der Waals surface area contributed by atoms with Gasteiger partial charge in [-0.15, -0.1) is 0 Å². The first-order valence-electron chi connectivity index (χ1n) is 11.4. The molecule has 0 spiro atoms. The van der Waals surface area contributed by atoms with Crippen LogP contribution < -0.4 is 10.1 Å². The van der Waals surface area contributed by atoms with Crippen molar-refractivity contribution in [1.29, 1.82) is 0 Å². The molecule has 2 aromatic rings. The summed E-state index contributed by atoms with van der Waals surface area (Å²) >= 11 is 0. The van der Waals surface area contributed by atoms with Gasteiger partial charge in [0.2, 0.25) is 20.0 Å². The molecular weight excluding hydrogens is 494 g/mol. The summed E-state index contributed by atoms with van der Waals surface area (Å²) < 4.78 is 64.9. The lowest BCUT2D eigenvalue weighted by atomic mass is 10.2. The summed E-state index contributed by atoms with van der Waals surface area (Å²) in [5, 5.41) is 2.76. The summed E-state index contributed by atoms with van der Waals surface area (Å²) in [5.74, 6) is -0.303. The molecule has 0 unspecified atom stereocenters. The Morgan fingerprint density at radius 2 is 1.54 bits per heavy atom. The van der Waals surface area contributed by atoms with Gasteiger partial charge in [-0.25, -0.2) is 16.8 Å². The maximum absolute atomic E-state index is 13.1. The van der Waals surface area contributed by atoms with Gasteiger partial charge in [0.05, 0.1) is 25.2 Å². The fourth-order valence-electron chi connectivity index (χ4n) is 4.09. The van der Waals surface area contributed by atoms with Gasteiger partial charge < -0.3 is 14.8 Å². The average Bonchev–Trinajstić information content (AvgIpc) is 3.44. The van der Waals surface area contributed by atoms with E-state index >= 15 is 0 Å². The minimum atomic E-state index is -3.87. The van der Waals surface area contributed by atoms with Crippen LogP contribution in [0.25, 0.3) is 0 Å². The lowest BCUT2D eigenvalue weighted by Crippen LogP contribution is -2.40. The molecule has 0 aromatic heterocycles. The Morgan fingerprint density at radius 3 is 2.17 bits per heavy atom. The molecule has 35 heavy (non-hydrogen) atoms. The minimum Gasteiger partial charge on any atom is -0.495 e. The summed E-state index contributed by atoms with van der Waals surface area (Å²) in [6, 6.07) is 10.7. The molecule has 0 atom stereocenters. The van der Waals surface area contributed by atoms with E-state index in [2.05, 4.69) is 5.32 Å². The first-order chi connectivity index (χ1) is 16.7. The number of nitrogens with one attached hydrogen (secondary N) is 1. The highest BCUT2D eigenvalue weighted by atomic mass is 32.2. The lowest BCUT2D eigenvalue weighted by Gasteiger charge is -2.26. The standard InChI is InChI=1S/C23H29N3O7S2/c1-32-21-9-6-19(16-22(21)35(30,31)26-12-14-33-15-13-26)23(27)24-17-18-4-7-20(8-5-18)34(28,29)25-10-2-3-11-25/h4-9,16H,2-3,10-15,17H2,1H3,(H,24,27). The molecule has 2 aliphatic rings. The summed E-state index contributed by atoms with van der Waals surface area (Å²) in [6.07, 6.45) is 1.73. The predicted octanol–water partition coefficient (Wildman–Crippen LogP) is 1.43. The van der Waals surface area contributed by atoms with Crippen LogP contribution in [0.4, 0.5) is 0 Å². The summed E-state index contributed by atoms with van der Waals surface area (Å²) in [7, 11) is -5.99. The normalized spacial score (nSPS) is 17.9. The number of rotatable bonds is 8. The zero-order valence-electron chi connectivity index (χ0n) is 19.5. The number of carbonyl (C=O) groups excluding carboxylic acids is 1. The highest BCUT2D eigenvalue weighted by Gasteiger charge is 2.30. The molecule has 2 heterocycles. The van der Waals surface area contributed by atoms with Gasteiger partial charge in [0, 0.05) is 38.3 Å². The van der Waals surface area contributed by atoms with Crippen LogP contribution in [0.1, 0.15) is 28.8 Å². The van der Waals surface area contributed by atoms with Crippen molar-refractivity contribution in [3.05, 3.63) is 53.6 Å². The van der Waals surface area contributed by atoms with E-state index < -0.39 is 26.0 Å². The number of ether oxygens (including phenoxy) is 2. The molecule has 0 aliphatic carbocycles. The summed E-state index contributed by atoms with van der Waals surface area (Å²) in [4.78, 5) is 12.9. The van der Waals surface area contributed by atoms with Crippen molar-refractivity contribution in [2.24, 2.45) is 0 Å². The molecule has 0 radical (unpaired) electrons. The molecule has 1 N–H and O–H groups in total. The predicted molar refractivity (Wildman–Crippen MR) is 128 cm³/mol.